The summed E-state index contributed by atoms with van der Waals surface area (Å²) in [5, 5.41) is 9.29. The molecule has 4 rings (SSSR count). The van der Waals surface area contributed by atoms with Crippen molar-refractivity contribution in [3.05, 3.63) is 72.8 Å². The lowest BCUT2D eigenvalue weighted by Gasteiger charge is -1.99. The van der Waals surface area contributed by atoms with Gasteiger partial charge < -0.3 is 9.26 Å². The molecule has 2 aromatic carbocycles. The van der Waals surface area contributed by atoms with Gasteiger partial charge in [-0.3, -0.25) is 0 Å². The van der Waals surface area contributed by atoms with Crippen molar-refractivity contribution in [3.63, 3.8) is 0 Å². The number of nitrogens with zero attached hydrogens (tertiary/aromatic N) is 4. The molecule has 0 saturated heterocycles. The summed E-state index contributed by atoms with van der Waals surface area (Å²) >= 11 is 1.51. The SMILES string of the molecule is COc1ccc(-c2cc(CSc3ncn(-c4ccccc4)n3)on2)cc1. The molecule has 6 nitrogen and oxygen atoms in total. The summed E-state index contributed by atoms with van der Waals surface area (Å²) in [6, 6.07) is 19.5. The lowest BCUT2D eigenvalue weighted by molar-refractivity contribution is 0.397. The van der Waals surface area contributed by atoms with E-state index in [0.29, 0.717) is 10.9 Å². The molecule has 0 aliphatic heterocycles. The lowest BCUT2D eigenvalue weighted by Crippen LogP contribution is -1.93. The zero-order valence-corrected chi connectivity index (χ0v) is 14.9. The second-order valence-corrected chi connectivity index (χ2v) is 6.45. The van der Waals surface area contributed by atoms with Crippen LogP contribution >= 0.6 is 11.8 Å². The van der Waals surface area contributed by atoms with E-state index in [0.717, 1.165) is 28.5 Å². The quantitative estimate of drug-likeness (QED) is 0.477. The number of rotatable bonds is 6. The van der Waals surface area contributed by atoms with Gasteiger partial charge in [-0.2, -0.15) is 0 Å². The topological polar surface area (TPSA) is 66.0 Å². The monoisotopic (exact) mass is 364 g/mol. The van der Waals surface area contributed by atoms with Gasteiger partial charge in [-0.1, -0.05) is 35.1 Å². The number of methoxy groups -OCH3 is 1. The Morgan fingerprint density at radius 3 is 2.65 bits per heavy atom. The van der Waals surface area contributed by atoms with Gasteiger partial charge in [0, 0.05) is 11.6 Å². The first kappa shape index (κ1) is 16.4. The van der Waals surface area contributed by atoms with Gasteiger partial charge >= 0.3 is 0 Å². The zero-order chi connectivity index (χ0) is 17.8. The Morgan fingerprint density at radius 2 is 1.88 bits per heavy atom. The molecule has 0 aliphatic carbocycles. The van der Waals surface area contributed by atoms with Crippen LogP contribution in [0.2, 0.25) is 0 Å². The van der Waals surface area contributed by atoms with Crippen molar-refractivity contribution in [1.29, 1.82) is 0 Å². The molecule has 130 valence electrons. The van der Waals surface area contributed by atoms with Crippen LogP contribution in [0.25, 0.3) is 16.9 Å². The summed E-state index contributed by atoms with van der Waals surface area (Å²) in [5.74, 6) is 2.20. The predicted molar refractivity (Wildman–Crippen MR) is 99.4 cm³/mol. The van der Waals surface area contributed by atoms with E-state index in [2.05, 4.69) is 15.2 Å². The minimum atomic E-state index is 0.613. The van der Waals surface area contributed by atoms with E-state index in [4.69, 9.17) is 9.26 Å². The fourth-order valence-corrected chi connectivity index (χ4v) is 3.11. The van der Waals surface area contributed by atoms with Gasteiger partial charge in [0.15, 0.2) is 0 Å². The summed E-state index contributed by atoms with van der Waals surface area (Å²) in [7, 11) is 1.65. The van der Waals surface area contributed by atoms with Gasteiger partial charge in [0.25, 0.3) is 0 Å². The maximum Gasteiger partial charge on any atom is 0.209 e. The maximum atomic E-state index is 5.42. The van der Waals surface area contributed by atoms with E-state index in [1.165, 1.54) is 11.8 Å². The molecule has 0 aliphatic rings. The van der Waals surface area contributed by atoms with Crippen LogP contribution in [0.4, 0.5) is 0 Å². The highest BCUT2D eigenvalue weighted by Gasteiger charge is 2.09. The minimum absolute atomic E-state index is 0.613. The van der Waals surface area contributed by atoms with Gasteiger partial charge in [-0.25, -0.2) is 9.67 Å². The molecular formula is C19H16N4O2S. The molecule has 2 aromatic heterocycles. The second kappa shape index (κ2) is 7.45. The van der Waals surface area contributed by atoms with E-state index < -0.39 is 0 Å². The molecule has 4 aromatic rings. The molecule has 0 spiro atoms. The first-order valence-electron chi connectivity index (χ1n) is 8.02. The van der Waals surface area contributed by atoms with Crippen molar-refractivity contribution >= 4 is 11.8 Å². The Balaban J connectivity index is 1.41. The zero-order valence-electron chi connectivity index (χ0n) is 14.1. The van der Waals surface area contributed by atoms with E-state index in [1.54, 1.807) is 18.1 Å². The van der Waals surface area contributed by atoms with Gasteiger partial charge in [0.1, 0.15) is 23.5 Å². The summed E-state index contributed by atoms with van der Waals surface area (Å²) in [5.41, 5.74) is 2.76. The first-order valence-corrected chi connectivity index (χ1v) is 9.00. The molecular weight excluding hydrogens is 348 g/mol. The smallest absolute Gasteiger partial charge is 0.209 e. The molecule has 0 N–H and O–H groups in total. The van der Waals surface area contributed by atoms with Gasteiger partial charge in [-0.05, 0) is 36.4 Å². The summed E-state index contributed by atoms with van der Waals surface area (Å²) < 4.78 is 12.3. The third-order valence-electron chi connectivity index (χ3n) is 3.78. The largest absolute Gasteiger partial charge is 0.497 e. The maximum absolute atomic E-state index is 5.42. The standard InChI is InChI=1S/C19H16N4O2S/c1-24-16-9-7-14(8-10-16)18-11-17(25-22-18)12-26-19-20-13-23(21-19)15-5-3-2-4-6-15/h2-11,13H,12H2,1H3. The highest BCUT2D eigenvalue weighted by atomic mass is 32.2. The minimum Gasteiger partial charge on any atom is -0.497 e. The molecule has 0 atom stereocenters. The average molecular weight is 364 g/mol. The van der Waals surface area contributed by atoms with Crippen molar-refractivity contribution in [2.75, 3.05) is 7.11 Å². The number of hydrogen-bond acceptors (Lipinski definition) is 6. The second-order valence-electron chi connectivity index (χ2n) is 5.50. The highest BCUT2D eigenvalue weighted by Crippen LogP contribution is 2.25. The third kappa shape index (κ3) is 3.62. The van der Waals surface area contributed by atoms with Crippen molar-refractivity contribution < 1.29 is 9.26 Å². The van der Waals surface area contributed by atoms with Crippen LogP contribution in [-0.2, 0) is 5.75 Å². The Bertz CT molecular complexity index is 980. The number of thioether (sulfide) groups is 1. The van der Waals surface area contributed by atoms with Crippen molar-refractivity contribution in [3.8, 4) is 22.7 Å². The van der Waals surface area contributed by atoms with Crippen LogP contribution in [0, 0.1) is 0 Å². The number of benzene rings is 2. The van der Waals surface area contributed by atoms with E-state index in [-0.39, 0.29) is 0 Å². The number of aromatic nitrogens is 4. The number of para-hydroxylation sites is 1. The van der Waals surface area contributed by atoms with Crippen LogP contribution < -0.4 is 4.74 Å². The first-order chi connectivity index (χ1) is 12.8. The Hall–Kier alpha value is -3.06. The van der Waals surface area contributed by atoms with E-state index >= 15 is 0 Å². The fraction of sp³-hybridized carbons (Fsp3) is 0.105. The predicted octanol–water partition coefficient (Wildman–Crippen LogP) is 4.22. The molecule has 0 unspecified atom stereocenters. The molecule has 0 amide bonds. The molecule has 26 heavy (non-hydrogen) atoms. The molecule has 0 radical (unpaired) electrons. The van der Waals surface area contributed by atoms with Crippen molar-refractivity contribution in [1.82, 2.24) is 19.9 Å². The molecule has 0 bridgehead atoms. The van der Waals surface area contributed by atoms with Crippen LogP contribution in [0.1, 0.15) is 5.76 Å². The van der Waals surface area contributed by atoms with Crippen LogP contribution in [-0.4, -0.2) is 27.0 Å². The number of hydrogen-bond donors (Lipinski definition) is 0. The van der Waals surface area contributed by atoms with Crippen LogP contribution in [0.3, 0.4) is 0 Å². The molecule has 7 heteroatoms. The molecule has 0 fully saturated rings. The van der Waals surface area contributed by atoms with Gasteiger partial charge in [0.2, 0.25) is 5.16 Å². The van der Waals surface area contributed by atoms with Crippen LogP contribution in [0.15, 0.2) is 76.7 Å². The van der Waals surface area contributed by atoms with Gasteiger partial charge in [-0.15, -0.1) is 5.10 Å². The van der Waals surface area contributed by atoms with Gasteiger partial charge in [0.05, 0.1) is 18.6 Å². The summed E-state index contributed by atoms with van der Waals surface area (Å²) in [4.78, 5) is 4.33. The van der Waals surface area contributed by atoms with Crippen molar-refractivity contribution in [2.24, 2.45) is 0 Å². The third-order valence-corrected chi connectivity index (χ3v) is 4.65. The molecule has 0 saturated carbocycles. The van der Waals surface area contributed by atoms with E-state index in [1.807, 2.05) is 60.7 Å². The Morgan fingerprint density at radius 1 is 1.08 bits per heavy atom. The Labute approximate surface area is 154 Å². The Kier molecular flexibility index (Phi) is 4.70. The normalized spacial score (nSPS) is 10.8. The van der Waals surface area contributed by atoms with Crippen molar-refractivity contribution in [2.45, 2.75) is 10.9 Å². The fourth-order valence-electron chi connectivity index (χ4n) is 2.43. The molecule has 2 heterocycles. The highest BCUT2D eigenvalue weighted by molar-refractivity contribution is 7.98. The van der Waals surface area contributed by atoms with E-state index in [9.17, 15) is 0 Å². The summed E-state index contributed by atoms with van der Waals surface area (Å²) in [6.07, 6.45) is 1.71. The average Bonchev–Trinajstić information content (AvgIpc) is 3.37. The lowest BCUT2D eigenvalue weighted by atomic mass is 10.1. The van der Waals surface area contributed by atoms with Crippen LogP contribution in [0.5, 0.6) is 5.75 Å². The number of ether oxygens (including phenoxy) is 1. The summed E-state index contributed by atoms with van der Waals surface area (Å²) in [6.45, 7) is 0.